The summed E-state index contributed by atoms with van der Waals surface area (Å²) in [6, 6.07) is 0. The van der Waals surface area contributed by atoms with Gasteiger partial charge in [-0.05, 0) is 25.3 Å². The Morgan fingerprint density at radius 3 is 3.07 bits per heavy atom. The maximum Gasteiger partial charge on any atom is 0.110 e. The van der Waals surface area contributed by atoms with Gasteiger partial charge < -0.3 is 10.8 Å². The molecule has 0 saturated carbocycles. The molecule has 0 bridgehead atoms. The summed E-state index contributed by atoms with van der Waals surface area (Å²) in [4.78, 5) is 7.92. The van der Waals surface area contributed by atoms with Crippen LogP contribution >= 0.6 is 0 Å². The van der Waals surface area contributed by atoms with Crippen LogP contribution < -0.4 is 5.73 Å². The van der Waals surface area contributed by atoms with Gasteiger partial charge in [-0.25, -0.2) is 4.99 Å². The monoisotopic (exact) mass is 193 g/mol. The van der Waals surface area contributed by atoms with Crippen molar-refractivity contribution in [1.29, 1.82) is 0 Å². The van der Waals surface area contributed by atoms with E-state index in [2.05, 4.69) is 9.98 Å². The molecule has 76 valence electrons. The molecule has 0 unspecified atom stereocenters. The smallest absolute Gasteiger partial charge is 0.110 e. The van der Waals surface area contributed by atoms with Crippen molar-refractivity contribution in [2.24, 2.45) is 15.7 Å². The van der Waals surface area contributed by atoms with E-state index in [1.807, 2.05) is 6.08 Å². The van der Waals surface area contributed by atoms with Gasteiger partial charge in [0.15, 0.2) is 0 Å². The Morgan fingerprint density at radius 2 is 2.50 bits per heavy atom. The second-order valence-corrected chi connectivity index (χ2v) is 3.16. The Hall–Kier alpha value is -1.58. The van der Waals surface area contributed by atoms with E-state index in [9.17, 15) is 0 Å². The van der Waals surface area contributed by atoms with Crippen molar-refractivity contribution in [2.45, 2.75) is 19.8 Å². The molecular weight excluding hydrogens is 178 g/mol. The summed E-state index contributed by atoms with van der Waals surface area (Å²) >= 11 is 0. The highest BCUT2D eigenvalue weighted by Gasteiger charge is 1.97. The molecule has 0 aromatic carbocycles. The molecule has 0 atom stereocenters. The first-order valence-electron chi connectivity index (χ1n) is 4.55. The summed E-state index contributed by atoms with van der Waals surface area (Å²) in [5.74, 6) is 0.207. The van der Waals surface area contributed by atoms with Gasteiger partial charge in [-0.3, -0.25) is 4.99 Å². The highest BCUT2D eigenvalue weighted by atomic mass is 16.3. The SMILES string of the molecule is C/C(O)=C(/N)CC/C=C1\C=NC=NC1. The third-order valence-corrected chi connectivity index (χ3v) is 1.95. The topological polar surface area (TPSA) is 71.0 Å². The Morgan fingerprint density at radius 1 is 1.71 bits per heavy atom. The zero-order valence-corrected chi connectivity index (χ0v) is 8.27. The average Bonchev–Trinajstić information content (AvgIpc) is 2.19. The van der Waals surface area contributed by atoms with Crippen molar-refractivity contribution in [2.75, 3.05) is 6.54 Å². The fraction of sp³-hybridized carbons (Fsp3) is 0.400. The van der Waals surface area contributed by atoms with Crippen LogP contribution in [0.5, 0.6) is 0 Å². The van der Waals surface area contributed by atoms with Gasteiger partial charge in [0, 0.05) is 11.9 Å². The molecule has 0 aromatic heterocycles. The molecule has 0 fully saturated rings. The largest absolute Gasteiger partial charge is 0.511 e. The van der Waals surface area contributed by atoms with Crippen molar-refractivity contribution in [3.05, 3.63) is 23.1 Å². The van der Waals surface area contributed by atoms with E-state index in [1.54, 1.807) is 19.5 Å². The summed E-state index contributed by atoms with van der Waals surface area (Å²) in [5.41, 5.74) is 7.20. The van der Waals surface area contributed by atoms with Gasteiger partial charge >= 0.3 is 0 Å². The van der Waals surface area contributed by atoms with Gasteiger partial charge in [0.25, 0.3) is 0 Å². The molecule has 4 nitrogen and oxygen atoms in total. The fourth-order valence-corrected chi connectivity index (χ4v) is 1.07. The number of nitrogens with zero attached hydrogens (tertiary/aromatic N) is 2. The fourth-order valence-electron chi connectivity index (χ4n) is 1.07. The normalized spacial score (nSPS) is 19.9. The molecule has 3 N–H and O–H groups in total. The first-order valence-corrected chi connectivity index (χ1v) is 4.55. The highest BCUT2D eigenvalue weighted by molar-refractivity contribution is 5.87. The molecule has 0 spiro atoms. The molecule has 0 aliphatic carbocycles. The third kappa shape index (κ3) is 3.43. The minimum Gasteiger partial charge on any atom is -0.511 e. The lowest BCUT2D eigenvalue weighted by Crippen LogP contribution is -2.01. The molecular formula is C10H15N3O. The molecule has 4 heteroatoms. The molecule has 14 heavy (non-hydrogen) atoms. The first-order chi connectivity index (χ1) is 6.70. The quantitative estimate of drug-likeness (QED) is 0.667. The van der Waals surface area contributed by atoms with Crippen LogP contribution in [0.3, 0.4) is 0 Å². The summed E-state index contributed by atoms with van der Waals surface area (Å²) in [6.07, 6.45) is 6.85. The van der Waals surface area contributed by atoms with Crippen LogP contribution in [0.4, 0.5) is 0 Å². The van der Waals surface area contributed by atoms with Crippen LogP contribution in [0.2, 0.25) is 0 Å². The van der Waals surface area contributed by atoms with E-state index >= 15 is 0 Å². The lowest BCUT2D eigenvalue weighted by atomic mass is 10.1. The lowest BCUT2D eigenvalue weighted by Gasteiger charge is -2.02. The first kappa shape index (κ1) is 10.5. The summed E-state index contributed by atoms with van der Waals surface area (Å²) in [7, 11) is 0. The second-order valence-electron chi connectivity index (χ2n) is 3.16. The van der Waals surface area contributed by atoms with Crippen molar-refractivity contribution < 1.29 is 5.11 Å². The Kier molecular flexibility index (Phi) is 3.91. The van der Waals surface area contributed by atoms with Gasteiger partial charge in [0.2, 0.25) is 0 Å². The van der Waals surface area contributed by atoms with Gasteiger partial charge in [-0.1, -0.05) is 6.08 Å². The predicted molar refractivity (Wildman–Crippen MR) is 58.7 cm³/mol. The number of aliphatic hydroxyl groups is 1. The van der Waals surface area contributed by atoms with Crippen molar-refractivity contribution in [3.63, 3.8) is 0 Å². The molecule has 1 aliphatic rings. The molecule has 0 amide bonds. The average molecular weight is 193 g/mol. The Bertz CT molecular complexity index is 309. The second kappa shape index (κ2) is 5.21. The summed E-state index contributed by atoms with van der Waals surface area (Å²) in [6.45, 7) is 2.28. The van der Waals surface area contributed by atoms with E-state index < -0.39 is 0 Å². The Balaban J connectivity index is 2.37. The maximum absolute atomic E-state index is 9.04. The lowest BCUT2D eigenvalue weighted by molar-refractivity contribution is 0.403. The van der Waals surface area contributed by atoms with Crippen molar-refractivity contribution >= 4 is 12.6 Å². The number of nitrogens with two attached hydrogens (primary N) is 1. The van der Waals surface area contributed by atoms with Gasteiger partial charge in [-0.15, -0.1) is 0 Å². The minimum absolute atomic E-state index is 0.207. The van der Waals surface area contributed by atoms with Crippen LogP contribution in [0.1, 0.15) is 19.8 Å². The van der Waals surface area contributed by atoms with E-state index in [0.717, 1.165) is 12.0 Å². The number of hydrogen-bond donors (Lipinski definition) is 2. The summed E-state index contributed by atoms with van der Waals surface area (Å²) < 4.78 is 0. The maximum atomic E-state index is 9.04. The zero-order valence-electron chi connectivity index (χ0n) is 8.27. The summed E-state index contributed by atoms with van der Waals surface area (Å²) in [5, 5.41) is 9.04. The molecule has 1 rings (SSSR count). The van der Waals surface area contributed by atoms with Gasteiger partial charge in [-0.2, -0.15) is 0 Å². The molecule has 0 aromatic rings. The van der Waals surface area contributed by atoms with E-state index in [-0.39, 0.29) is 5.76 Å². The van der Waals surface area contributed by atoms with Gasteiger partial charge in [0.05, 0.1) is 6.54 Å². The third-order valence-electron chi connectivity index (χ3n) is 1.95. The zero-order chi connectivity index (χ0) is 10.4. The van der Waals surface area contributed by atoms with Crippen molar-refractivity contribution in [1.82, 2.24) is 0 Å². The number of rotatable bonds is 3. The molecule has 1 heterocycles. The number of aliphatic imine (C=N–C) groups is 2. The molecule has 1 aliphatic heterocycles. The van der Waals surface area contributed by atoms with Crippen LogP contribution in [0.25, 0.3) is 0 Å². The highest BCUT2D eigenvalue weighted by Crippen LogP contribution is 2.06. The standard InChI is InChI=1S/C10H15N3O/c1-8(14)10(11)4-2-3-9-5-12-7-13-6-9/h3,5,7,14H,2,4,6,11H2,1H3/b9-3+,10-8-. The number of aliphatic hydroxyl groups excluding tert-OH is 1. The van der Waals surface area contributed by atoms with Crippen LogP contribution in [-0.4, -0.2) is 24.2 Å². The minimum atomic E-state index is 0.207. The molecule has 0 saturated heterocycles. The predicted octanol–water partition coefficient (Wildman–Crippen LogP) is 1.55. The molecule has 0 radical (unpaired) electrons. The number of hydrogen-bond acceptors (Lipinski definition) is 4. The number of allylic oxidation sites excluding steroid dienone is 3. The Labute approximate surface area is 83.6 Å². The van der Waals surface area contributed by atoms with Crippen LogP contribution in [-0.2, 0) is 0 Å². The van der Waals surface area contributed by atoms with Gasteiger partial charge in [0.1, 0.15) is 12.1 Å². The van der Waals surface area contributed by atoms with Crippen molar-refractivity contribution in [3.8, 4) is 0 Å². The van der Waals surface area contributed by atoms with E-state index in [1.165, 1.54) is 0 Å². The van der Waals surface area contributed by atoms with Crippen LogP contribution in [0.15, 0.2) is 33.1 Å². The van der Waals surface area contributed by atoms with E-state index in [4.69, 9.17) is 10.8 Å². The van der Waals surface area contributed by atoms with E-state index in [0.29, 0.717) is 18.7 Å². The van der Waals surface area contributed by atoms with Crippen LogP contribution in [0, 0.1) is 0 Å².